The molecule has 0 aliphatic rings. The van der Waals surface area contributed by atoms with Crippen LogP contribution < -0.4 is 10.2 Å². The molecule has 1 aromatic rings. The zero-order valence-corrected chi connectivity index (χ0v) is 16.9. The maximum Gasteiger partial charge on any atom is 0.454 e. The normalized spacial score (nSPS) is 12.4. The van der Waals surface area contributed by atoms with Crippen LogP contribution in [0.5, 0.6) is 0 Å². The molecule has 0 atom stereocenters. The molecule has 0 bridgehead atoms. The number of para-hydroxylation sites is 1. The van der Waals surface area contributed by atoms with Gasteiger partial charge in [0, 0.05) is 0 Å². The largest absolute Gasteiger partial charge is 0.454 e. The van der Waals surface area contributed by atoms with E-state index in [-0.39, 0.29) is 12.2 Å². The van der Waals surface area contributed by atoms with Gasteiger partial charge in [0.1, 0.15) is 5.60 Å². The van der Waals surface area contributed by atoms with Crippen molar-refractivity contribution in [3.05, 3.63) is 30.3 Å². The molecule has 25 heavy (non-hydrogen) atoms. The van der Waals surface area contributed by atoms with Gasteiger partial charge in [-0.25, -0.2) is 14.8 Å². The van der Waals surface area contributed by atoms with Crippen LogP contribution in [-0.4, -0.2) is 23.9 Å². The minimum atomic E-state index is -3.86. The molecule has 8 heteroatoms. The second kappa shape index (κ2) is 8.70. The number of anilines is 1. The molecule has 0 heterocycles. The van der Waals surface area contributed by atoms with Gasteiger partial charge in [0.25, 0.3) is 0 Å². The maximum absolute atomic E-state index is 13.4. The first-order valence-electron chi connectivity index (χ1n) is 8.25. The molecule has 0 aromatic heterocycles. The fraction of sp³-hybridized carbons (Fsp3) is 0.588. The van der Waals surface area contributed by atoms with E-state index in [1.54, 1.807) is 72.7 Å². The predicted molar refractivity (Wildman–Crippen MR) is 98.3 cm³/mol. The monoisotopic (exact) mass is 372 g/mol. The highest BCUT2D eigenvalue weighted by atomic mass is 31.2. The second-order valence-electron chi connectivity index (χ2n) is 7.04. The Morgan fingerprint density at radius 1 is 1.04 bits per heavy atom. The van der Waals surface area contributed by atoms with Gasteiger partial charge in [0.15, 0.2) is 0 Å². The summed E-state index contributed by atoms with van der Waals surface area (Å²) < 4.78 is 31.0. The number of ether oxygens (including phenoxy) is 1. The third-order valence-electron chi connectivity index (χ3n) is 2.53. The summed E-state index contributed by atoms with van der Waals surface area (Å²) in [5.41, 5.74) is 2.26. The van der Waals surface area contributed by atoms with E-state index in [1.165, 1.54) is 0 Å². The smallest absolute Gasteiger partial charge is 0.443 e. The van der Waals surface area contributed by atoms with Gasteiger partial charge in [-0.3, -0.25) is 9.05 Å². The molecule has 0 radical (unpaired) electrons. The molecule has 0 unspecified atom stereocenters. The molecule has 142 valence electrons. The highest BCUT2D eigenvalue weighted by Gasteiger charge is 2.38. The van der Waals surface area contributed by atoms with Crippen LogP contribution in [0.2, 0.25) is 0 Å². The minimum Gasteiger partial charge on any atom is -0.443 e. The molecule has 1 N–H and O–H groups in total. The summed E-state index contributed by atoms with van der Waals surface area (Å²) in [5.74, 6) is 0. The number of hydrogen-bond donors (Lipinski definition) is 1. The Kier molecular flexibility index (Phi) is 7.47. The second-order valence-corrected chi connectivity index (χ2v) is 8.80. The average Bonchev–Trinajstić information content (AvgIpc) is 2.41. The number of hydrogen-bond acceptors (Lipinski definition) is 5. The molecular formula is C17H29N2O5P. The zero-order valence-electron chi connectivity index (χ0n) is 16.0. The van der Waals surface area contributed by atoms with Crippen molar-refractivity contribution in [1.82, 2.24) is 5.43 Å². The first kappa shape index (κ1) is 21.5. The Labute approximate surface area is 150 Å². The fourth-order valence-corrected chi connectivity index (χ4v) is 3.80. The SMILES string of the molecule is CC(C)OP(=O)(OC(C)C)N(NC(=O)OC(C)(C)C)c1ccccc1. The van der Waals surface area contributed by atoms with Crippen LogP contribution in [0.3, 0.4) is 0 Å². The summed E-state index contributed by atoms with van der Waals surface area (Å²) in [5, 5.41) is 0. The number of carbonyl (C=O) groups excluding carboxylic acids is 1. The van der Waals surface area contributed by atoms with E-state index in [0.717, 1.165) is 4.78 Å². The van der Waals surface area contributed by atoms with E-state index in [2.05, 4.69) is 5.43 Å². The summed E-state index contributed by atoms with van der Waals surface area (Å²) >= 11 is 0. The summed E-state index contributed by atoms with van der Waals surface area (Å²) in [6.45, 7) is 12.2. The quantitative estimate of drug-likeness (QED) is 0.542. The third kappa shape index (κ3) is 7.46. The lowest BCUT2D eigenvalue weighted by Crippen LogP contribution is -2.44. The van der Waals surface area contributed by atoms with Crippen molar-refractivity contribution < 1.29 is 23.1 Å². The molecule has 0 spiro atoms. The van der Waals surface area contributed by atoms with Crippen LogP contribution in [0.15, 0.2) is 30.3 Å². The number of benzene rings is 1. The zero-order chi connectivity index (χ0) is 19.3. The van der Waals surface area contributed by atoms with E-state index >= 15 is 0 Å². The first-order chi connectivity index (χ1) is 11.4. The van der Waals surface area contributed by atoms with E-state index in [0.29, 0.717) is 5.69 Å². The summed E-state index contributed by atoms with van der Waals surface area (Å²) in [4.78, 5) is 12.3. The van der Waals surface area contributed by atoms with Gasteiger partial charge >= 0.3 is 13.8 Å². The van der Waals surface area contributed by atoms with Crippen molar-refractivity contribution in [3.8, 4) is 0 Å². The van der Waals surface area contributed by atoms with Crippen molar-refractivity contribution in [3.63, 3.8) is 0 Å². The van der Waals surface area contributed by atoms with E-state index in [9.17, 15) is 9.36 Å². The van der Waals surface area contributed by atoms with Gasteiger partial charge in [-0.05, 0) is 60.6 Å². The number of nitrogens with one attached hydrogen (secondary N) is 1. The number of nitrogens with zero attached hydrogens (tertiary/aromatic N) is 1. The van der Waals surface area contributed by atoms with E-state index in [4.69, 9.17) is 13.8 Å². The van der Waals surface area contributed by atoms with Crippen molar-refractivity contribution >= 4 is 19.5 Å². The van der Waals surface area contributed by atoms with E-state index in [1.807, 2.05) is 6.07 Å². The molecular weight excluding hydrogens is 343 g/mol. The van der Waals surface area contributed by atoms with Crippen LogP contribution >= 0.6 is 7.75 Å². The van der Waals surface area contributed by atoms with Crippen LogP contribution in [0.25, 0.3) is 0 Å². The van der Waals surface area contributed by atoms with Gasteiger partial charge in [0.2, 0.25) is 0 Å². The Hall–Kier alpha value is -1.56. The lowest BCUT2D eigenvalue weighted by atomic mass is 10.2. The van der Waals surface area contributed by atoms with Crippen LogP contribution in [0.4, 0.5) is 10.5 Å². The molecule has 7 nitrogen and oxygen atoms in total. The van der Waals surface area contributed by atoms with Crippen molar-refractivity contribution in [2.75, 3.05) is 4.78 Å². The Morgan fingerprint density at radius 3 is 1.92 bits per heavy atom. The highest BCUT2D eigenvalue weighted by Crippen LogP contribution is 2.54. The van der Waals surface area contributed by atoms with Gasteiger partial charge in [-0.1, -0.05) is 18.2 Å². The van der Waals surface area contributed by atoms with Crippen molar-refractivity contribution in [2.45, 2.75) is 66.3 Å². The standard InChI is InChI=1S/C17H29N2O5P/c1-13(2)23-25(21,24-14(3)4)19(15-11-9-8-10-12-15)18-16(20)22-17(5,6)7/h8-14H,1-7H3,(H,18,20). The number of carbonyl (C=O) groups is 1. The average molecular weight is 372 g/mol. The minimum absolute atomic E-state index is 0.378. The number of hydrazine groups is 1. The lowest BCUT2D eigenvalue weighted by Gasteiger charge is -2.34. The molecule has 0 saturated heterocycles. The van der Waals surface area contributed by atoms with E-state index < -0.39 is 19.4 Å². The molecule has 1 rings (SSSR count). The molecule has 0 aliphatic carbocycles. The molecule has 0 fully saturated rings. The topological polar surface area (TPSA) is 77.1 Å². The van der Waals surface area contributed by atoms with Crippen LogP contribution in [-0.2, 0) is 18.3 Å². The molecule has 0 aliphatic heterocycles. The van der Waals surface area contributed by atoms with Crippen LogP contribution in [0, 0.1) is 0 Å². The lowest BCUT2D eigenvalue weighted by molar-refractivity contribution is 0.0516. The Morgan fingerprint density at radius 2 is 1.52 bits per heavy atom. The van der Waals surface area contributed by atoms with Crippen molar-refractivity contribution in [2.24, 2.45) is 0 Å². The van der Waals surface area contributed by atoms with Gasteiger partial charge in [-0.2, -0.15) is 4.78 Å². The van der Waals surface area contributed by atoms with Crippen molar-refractivity contribution in [1.29, 1.82) is 0 Å². The first-order valence-corrected chi connectivity index (χ1v) is 9.74. The highest BCUT2D eigenvalue weighted by molar-refractivity contribution is 7.55. The fourth-order valence-electron chi connectivity index (χ4n) is 1.88. The van der Waals surface area contributed by atoms with Gasteiger partial charge in [0.05, 0.1) is 17.9 Å². The Balaban J connectivity index is 3.23. The Bertz CT molecular complexity index is 585. The molecule has 0 saturated carbocycles. The summed E-state index contributed by atoms with van der Waals surface area (Å²) in [7, 11) is -3.86. The maximum atomic E-state index is 13.4. The molecule has 1 aromatic carbocycles. The van der Waals surface area contributed by atoms with Crippen LogP contribution in [0.1, 0.15) is 48.5 Å². The molecule has 1 amide bonds. The number of rotatable bonds is 7. The summed E-state index contributed by atoms with van der Waals surface area (Å²) in [6.07, 6.45) is -1.51. The number of amides is 1. The van der Waals surface area contributed by atoms with Gasteiger partial charge in [-0.15, -0.1) is 0 Å². The predicted octanol–water partition coefficient (Wildman–Crippen LogP) is 4.89. The third-order valence-corrected chi connectivity index (χ3v) is 4.73. The summed E-state index contributed by atoms with van der Waals surface area (Å²) in [6, 6.07) is 8.71. The van der Waals surface area contributed by atoms with Gasteiger partial charge < -0.3 is 4.74 Å².